The molecule has 0 spiro atoms. The summed E-state index contributed by atoms with van der Waals surface area (Å²) in [5.74, 6) is -0.778. The Kier molecular flexibility index (Phi) is 7.05. The molecule has 2 rings (SSSR count). The van der Waals surface area contributed by atoms with Crippen LogP contribution in [0.1, 0.15) is 25.6 Å². The van der Waals surface area contributed by atoms with Gasteiger partial charge in [0.05, 0.1) is 33.3 Å². The Morgan fingerprint density at radius 3 is 2.48 bits per heavy atom. The number of hydrogen-bond donors (Lipinski definition) is 2. The maximum Gasteiger partial charge on any atom is 0.341 e. The van der Waals surface area contributed by atoms with E-state index < -0.39 is 5.97 Å². The fourth-order valence-corrected chi connectivity index (χ4v) is 4.06. The molecule has 0 radical (unpaired) electrons. The Labute approximate surface area is 176 Å². The summed E-state index contributed by atoms with van der Waals surface area (Å²) in [4.78, 5) is 26.5. The number of benzene rings is 1. The van der Waals surface area contributed by atoms with Crippen LogP contribution in [0.25, 0.3) is 0 Å². The zero-order chi connectivity index (χ0) is 20.3. The van der Waals surface area contributed by atoms with E-state index >= 15 is 0 Å². The number of hydrogen-bond acceptors (Lipinski definition) is 5. The van der Waals surface area contributed by atoms with Gasteiger partial charge in [-0.25, -0.2) is 4.79 Å². The molecule has 144 valence electrons. The van der Waals surface area contributed by atoms with Crippen LogP contribution >= 0.6 is 46.8 Å². The van der Waals surface area contributed by atoms with Crippen LogP contribution in [0.5, 0.6) is 0 Å². The van der Waals surface area contributed by atoms with E-state index in [0.717, 1.165) is 11.3 Å². The van der Waals surface area contributed by atoms with Gasteiger partial charge in [0.1, 0.15) is 5.00 Å². The summed E-state index contributed by atoms with van der Waals surface area (Å²) in [5.41, 5.74) is 1.30. The molecule has 10 heteroatoms. The minimum absolute atomic E-state index is 0.189. The second kappa shape index (κ2) is 8.88. The highest BCUT2D eigenvalue weighted by Gasteiger charge is 2.26. The van der Waals surface area contributed by atoms with Crippen molar-refractivity contribution in [2.24, 2.45) is 0 Å². The van der Waals surface area contributed by atoms with Gasteiger partial charge in [-0.05, 0) is 36.8 Å². The van der Waals surface area contributed by atoms with E-state index in [9.17, 15) is 9.59 Å². The van der Waals surface area contributed by atoms with Gasteiger partial charge in [-0.1, -0.05) is 29.3 Å². The summed E-state index contributed by atoms with van der Waals surface area (Å²) in [5, 5.41) is 7.16. The molecule has 0 unspecified atom stereocenters. The molecule has 27 heavy (non-hydrogen) atoms. The summed E-state index contributed by atoms with van der Waals surface area (Å²) < 4.78 is 4.85. The molecule has 2 aromatic rings. The van der Waals surface area contributed by atoms with Crippen molar-refractivity contribution >= 4 is 74.4 Å². The van der Waals surface area contributed by atoms with Gasteiger partial charge in [0, 0.05) is 14.1 Å². The van der Waals surface area contributed by atoms with Crippen LogP contribution in [0.2, 0.25) is 10.0 Å². The fourth-order valence-electron chi connectivity index (χ4n) is 2.21. The van der Waals surface area contributed by atoms with Gasteiger partial charge >= 0.3 is 5.97 Å². The standard InChI is InChI=1S/C17H17Cl2N3O3S2/c1-8-11(16(24)25-4)14(27-13(8)15(23)22(2)3)21-17(26)20-10-7-5-6-9(18)12(10)19/h5-7H,1-4H3,(H2,20,21,26). The summed E-state index contributed by atoms with van der Waals surface area (Å²) in [6.45, 7) is 1.69. The van der Waals surface area contributed by atoms with E-state index in [-0.39, 0.29) is 16.6 Å². The molecule has 0 aliphatic rings. The van der Waals surface area contributed by atoms with Gasteiger partial charge in [-0.3, -0.25) is 4.79 Å². The molecule has 0 aliphatic heterocycles. The zero-order valence-corrected chi connectivity index (χ0v) is 18.1. The third-order valence-electron chi connectivity index (χ3n) is 3.56. The molecule has 0 saturated heterocycles. The van der Waals surface area contributed by atoms with Crippen LogP contribution in [0, 0.1) is 6.92 Å². The lowest BCUT2D eigenvalue weighted by Gasteiger charge is -2.12. The number of amides is 1. The van der Waals surface area contributed by atoms with Crippen LogP contribution in [-0.4, -0.2) is 43.1 Å². The van der Waals surface area contributed by atoms with Gasteiger partial charge in [-0.15, -0.1) is 11.3 Å². The Bertz CT molecular complexity index is 913. The summed E-state index contributed by atoms with van der Waals surface area (Å²) in [7, 11) is 4.55. The average Bonchev–Trinajstić information content (AvgIpc) is 2.93. The normalized spacial score (nSPS) is 10.3. The first-order chi connectivity index (χ1) is 12.7. The lowest BCUT2D eigenvalue weighted by Crippen LogP contribution is -2.21. The van der Waals surface area contributed by atoms with Crippen LogP contribution in [-0.2, 0) is 4.74 Å². The molecular weight excluding hydrogens is 429 g/mol. The van der Waals surface area contributed by atoms with Crippen molar-refractivity contribution in [3.05, 3.63) is 44.2 Å². The number of thiophene rings is 1. The number of nitrogens with zero attached hydrogens (tertiary/aromatic N) is 1. The van der Waals surface area contributed by atoms with E-state index in [1.54, 1.807) is 39.2 Å². The monoisotopic (exact) mass is 445 g/mol. The largest absolute Gasteiger partial charge is 0.465 e. The Hall–Kier alpha value is -1.87. The average molecular weight is 446 g/mol. The zero-order valence-electron chi connectivity index (χ0n) is 15.0. The summed E-state index contributed by atoms with van der Waals surface area (Å²) >= 11 is 18.6. The van der Waals surface area contributed by atoms with Crippen LogP contribution in [0.4, 0.5) is 10.7 Å². The summed E-state index contributed by atoms with van der Waals surface area (Å²) in [6.07, 6.45) is 0. The molecule has 0 fully saturated rings. The molecule has 1 aromatic heterocycles. The number of ether oxygens (including phenoxy) is 1. The molecule has 0 bridgehead atoms. The van der Waals surface area contributed by atoms with Crippen LogP contribution in [0.3, 0.4) is 0 Å². The molecule has 1 heterocycles. The third-order valence-corrected chi connectivity index (χ3v) is 5.78. The third kappa shape index (κ3) is 4.70. The first kappa shape index (κ1) is 21.4. The lowest BCUT2D eigenvalue weighted by atomic mass is 10.1. The minimum atomic E-state index is -0.562. The second-order valence-electron chi connectivity index (χ2n) is 5.63. The predicted octanol–water partition coefficient (Wildman–Crippen LogP) is 4.66. The molecule has 6 nitrogen and oxygen atoms in total. The minimum Gasteiger partial charge on any atom is -0.465 e. The molecule has 1 amide bonds. The molecule has 0 atom stereocenters. The first-order valence-electron chi connectivity index (χ1n) is 7.62. The van der Waals surface area contributed by atoms with Crippen molar-refractivity contribution < 1.29 is 14.3 Å². The van der Waals surface area contributed by atoms with Crippen molar-refractivity contribution in [3.63, 3.8) is 0 Å². The van der Waals surface area contributed by atoms with Crippen molar-refractivity contribution in [3.8, 4) is 0 Å². The number of carbonyl (C=O) groups excluding carboxylic acids is 2. The van der Waals surface area contributed by atoms with Crippen LogP contribution < -0.4 is 10.6 Å². The highest BCUT2D eigenvalue weighted by Crippen LogP contribution is 2.35. The van der Waals surface area contributed by atoms with Gasteiger partial charge in [0.25, 0.3) is 5.91 Å². The molecule has 0 saturated carbocycles. The van der Waals surface area contributed by atoms with Gasteiger partial charge in [0.15, 0.2) is 5.11 Å². The maximum absolute atomic E-state index is 12.4. The number of thiocarbonyl (C=S) groups is 1. The van der Waals surface area contributed by atoms with Gasteiger partial charge in [0.2, 0.25) is 0 Å². The summed E-state index contributed by atoms with van der Waals surface area (Å²) in [6, 6.07) is 5.09. The number of esters is 1. The Morgan fingerprint density at radius 2 is 1.89 bits per heavy atom. The molecule has 1 aromatic carbocycles. The van der Waals surface area contributed by atoms with E-state index in [1.165, 1.54) is 12.0 Å². The molecular formula is C17H17Cl2N3O3S2. The Morgan fingerprint density at radius 1 is 1.22 bits per heavy atom. The van der Waals surface area contributed by atoms with Crippen molar-refractivity contribution in [2.45, 2.75) is 6.92 Å². The second-order valence-corrected chi connectivity index (χ2v) is 7.85. The number of anilines is 2. The highest BCUT2D eigenvalue weighted by molar-refractivity contribution is 7.80. The smallest absolute Gasteiger partial charge is 0.341 e. The number of methoxy groups -OCH3 is 1. The molecule has 2 N–H and O–H groups in total. The van der Waals surface area contributed by atoms with E-state index in [2.05, 4.69) is 10.6 Å². The van der Waals surface area contributed by atoms with Gasteiger partial charge in [-0.2, -0.15) is 0 Å². The molecule has 0 aliphatic carbocycles. The van der Waals surface area contributed by atoms with Crippen molar-refractivity contribution in [2.75, 3.05) is 31.8 Å². The topological polar surface area (TPSA) is 70.7 Å². The van der Waals surface area contributed by atoms with E-state index in [4.69, 9.17) is 40.2 Å². The fraction of sp³-hybridized carbons (Fsp3) is 0.235. The SMILES string of the molecule is COC(=O)c1c(NC(=S)Nc2cccc(Cl)c2Cl)sc(C(=O)N(C)C)c1C. The van der Waals surface area contributed by atoms with E-state index in [1.807, 2.05) is 0 Å². The number of rotatable bonds is 4. The number of carbonyl (C=O) groups is 2. The van der Waals surface area contributed by atoms with Gasteiger partial charge < -0.3 is 20.3 Å². The number of nitrogens with one attached hydrogen (secondary N) is 2. The van der Waals surface area contributed by atoms with Crippen molar-refractivity contribution in [1.82, 2.24) is 4.90 Å². The highest BCUT2D eigenvalue weighted by atomic mass is 35.5. The maximum atomic E-state index is 12.4. The number of halogens is 2. The predicted molar refractivity (Wildman–Crippen MR) is 115 cm³/mol. The van der Waals surface area contributed by atoms with Crippen LogP contribution in [0.15, 0.2) is 18.2 Å². The Balaban J connectivity index is 2.35. The first-order valence-corrected chi connectivity index (χ1v) is 9.60. The lowest BCUT2D eigenvalue weighted by molar-refractivity contribution is 0.0601. The van der Waals surface area contributed by atoms with Crippen molar-refractivity contribution in [1.29, 1.82) is 0 Å². The van der Waals surface area contributed by atoms with E-state index in [0.29, 0.717) is 31.2 Å². The quantitative estimate of drug-likeness (QED) is 0.526.